The fourth-order valence-electron chi connectivity index (χ4n) is 7.04. The van der Waals surface area contributed by atoms with Crippen LogP contribution in [-0.4, -0.2) is 105 Å². The third-order valence-corrected chi connectivity index (χ3v) is 13.0. The lowest BCUT2D eigenvalue weighted by atomic mass is 9.77. The van der Waals surface area contributed by atoms with E-state index in [2.05, 4.69) is 79.7 Å². The highest BCUT2D eigenvalue weighted by atomic mass is 79.9. The maximum absolute atomic E-state index is 13.6. The van der Waals surface area contributed by atoms with Crippen LogP contribution in [0.2, 0.25) is 0 Å². The first kappa shape index (κ1) is 44.9. The molecule has 6 rings (SSSR count). The monoisotopic (exact) mass is 1080 g/mol. The first-order valence-electron chi connectivity index (χ1n) is 18.4. The van der Waals surface area contributed by atoms with Crippen molar-refractivity contribution in [2.24, 2.45) is 0 Å². The number of hydrogen-bond acceptors (Lipinski definition) is 13. The van der Waals surface area contributed by atoms with Crippen molar-refractivity contribution in [3.05, 3.63) is 70.5 Å². The second kappa shape index (κ2) is 19.4. The SMILES string of the molecule is O=C(CCCCCCCCO[C@H]1O[C@H](CO)[C@@H](O)[C@H](O)[C@@H]1O)NCCNC(=S)Nc1ccc2c(c1)C(=O)OC21c2cc(Br)c(O)c(Br)c2Oc2c1cc(Br)c(O)c2Br. The van der Waals surface area contributed by atoms with E-state index in [0.717, 1.165) is 32.1 Å². The minimum atomic E-state index is -1.51. The van der Waals surface area contributed by atoms with Crippen LogP contribution >= 0.6 is 75.9 Å². The number of aromatic hydroxyl groups is 2. The van der Waals surface area contributed by atoms with Gasteiger partial charge < -0.3 is 65.5 Å². The maximum atomic E-state index is 13.6. The molecule has 3 aromatic rings. The molecule has 1 amide bonds. The number of nitrogens with one attached hydrogen (secondary N) is 3. The van der Waals surface area contributed by atoms with Crippen LogP contribution in [0.15, 0.2) is 48.2 Å². The van der Waals surface area contributed by atoms with Gasteiger partial charge in [-0.15, -0.1) is 0 Å². The van der Waals surface area contributed by atoms with E-state index in [-0.39, 0.29) is 55.1 Å². The predicted molar refractivity (Wildman–Crippen MR) is 228 cm³/mol. The number of benzene rings is 3. The normalized spacial score (nSPS) is 21.4. The van der Waals surface area contributed by atoms with E-state index in [1.54, 1.807) is 30.3 Å². The summed E-state index contributed by atoms with van der Waals surface area (Å²) >= 11 is 19.1. The molecule has 0 saturated carbocycles. The molecule has 3 aliphatic rings. The van der Waals surface area contributed by atoms with Crippen LogP contribution in [-0.2, 0) is 24.6 Å². The Balaban J connectivity index is 0.940. The molecule has 0 aromatic heterocycles. The van der Waals surface area contributed by atoms with Gasteiger partial charge >= 0.3 is 5.97 Å². The smallest absolute Gasteiger partial charge is 0.340 e. The second-order valence-electron chi connectivity index (χ2n) is 13.9. The molecule has 58 heavy (non-hydrogen) atoms. The number of thiocarbonyl (C=S) groups is 1. The molecule has 15 nitrogen and oxygen atoms in total. The summed E-state index contributed by atoms with van der Waals surface area (Å²) in [4.78, 5) is 26.0. The van der Waals surface area contributed by atoms with E-state index in [1.807, 2.05) is 0 Å². The maximum Gasteiger partial charge on any atom is 0.340 e. The second-order valence-corrected chi connectivity index (χ2v) is 17.6. The number of hydrogen-bond donors (Lipinski definition) is 9. The van der Waals surface area contributed by atoms with Crippen molar-refractivity contribution < 1.29 is 59.2 Å². The average Bonchev–Trinajstić information content (AvgIpc) is 3.49. The summed E-state index contributed by atoms with van der Waals surface area (Å²) in [5.41, 5.74) is 0.641. The van der Waals surface area contributed by atoms with E-state index in [1.165, 1.54) is 0 Å². The molecular formula is C38H41Br4N3O12S. The number of rotatable bonds is 15. The molecule has 20 heteroatoms. The Morgan fingerprint density at radius 2 is 1.41 bits per heavy atom. The van der Waals surface area contributed by atoms with E-state index in [4.69, 9.17) is 31.2 Å². The van der Waals surface area contributed by atoms with Crippen LogP contribution in [0, 0.1) is 0 Å². The van der Waals surface area contributed by atoms with Gasteiger partial charge in [-0.25, -0.2) is 4.79 Å². The third kappa shape index (κ3) is 9.17. The summed E-state index contributed by atoms with van der Waals surface area (Å²) in [7, 11) is 0. The molecule has 3 aliphatic heterocycles. The molecule has 314 valence electrons. The van der Waals surface area contributed by atoms with E-state index < -0.39 is 48.9 Å². The first-order valence-corrected chi connectivity index (χ1v) is 22.0. The fraction of sp³-hybridized carbons (Fsp3) is 0.447. The van der Waals surface area contributed by atoms with Crippen molar-refractivity contribution in [1.29, 1.82) is 0 Å². The topological polar surface area (TPSA) is 229 Å². The van der Waals surface area contributed by atoms with E-state index in [9.17, 15) is 40.2 Å². The van der Waals surface area contributed by atoms with Crippen molar-refractivity contribution in [3.8, 4) is 23.0 Å². The number of esters is 1. The number of carbonyl (C=O) groups is 2. The van der Waals surface area contributed by atoms with E-state index >= 15 is 0 Å². The van der Waals surface area contributed by atoms with Crippen LogP contribution in [0.1, 0.15) is 72.0 Å². The van der Waals surface area contributed by atoms with Gasteiger partial charge in [-0.3, -0.25) is 4.79 Å². The molecule has 1 fully saturated rings. The van der Waals surface area contributed by atoms with Gasteiger partial charge in [0.15, 0.2) is 28.5 Å². The van der Waals surface area contributed by atoms with Gasteiger partial charge in [0.1, 0.15) is 44.9 Å². The van der Waals surface area contributed by atoms with Crippen LogP contribution < -0.4 is 20.7 Å². The Bertz CT molecular complexity index is 2000. The minimum Gasteiger partial charge on any atom is -0.505 e. The molecule has 1 spiro atoms. The molecule has 0 aliphatic carbocycles. The minimum absolute atomic E-state index is 0.0699. The number of aliphatic hydroxyl groups is 4. The molecule has 0 unspecified atom stereocenters. The van der Waals surface area contributed by atoms with Gasteiger partial charge in [-0.2, -0.15) is 0 Å². The Labute approximate surface area is 372 Å². The summed E-state index contributed by atoms with van der Waals surface area (Å²) in [5.74, 6) is -0.528. The lowest BCUT2D eigenvalue weighted by molar-refractivity contribution is -0.301. The Morgan fingerprint density at radius 3 is 2.05 bits per heavy atom. The van der Waals surface area contributed by atoms with Crippen LogP contribution in [0.25, 0.3) is 0 Å². The van der Waals surface area contributed by atoms with Gasteiger partial charge in [0.2, 0.25) is 5.91 Å². The van der Waals surface area contributed by atoms with Crippen molar-refractivity contribution in [2.45, 2.75) is 81.3 Å². The first-order chi connectivity index (χ1) is 27.7. The van der Waals surface area contributed by atoms with E-state index in [0.29, 0.717) is 57.3 Å². The fourth-order valence-corrected chi connectivity index (χ4v) is 9.66. The number of amides is 1. The molecule has 5 atom stereocenters. The van der Waals surface area contributed by atoms with Gasteiger partial charge in [-0.05, 0) is 113 Å². The van der Waals surface area contributed by atoms with Gasteiger partial charge in [0.05, 0.1) is 32.2 Å². The number of anilines is 1. The number of halogens is 4. The zero-order valence-corrected chi connectivity index (χ0v) is 37.8. The number of ether oxygens (including phenoxy) is 4. The Kier molecular flexibility index (Phi) is 15.0. The van der Waals surface area contributed by atoms with Crippen molar-refractivity contribution in [2.75, 3.05) is 31.6 Å². The summed E-state index contributed by atoms with van der Waals surface area (Å²) in [6, 6.07) is 8.38. The quantitative estimate of drug-likeness (QED) is 0.0508. The highest BCUT2D eigenvalue weighted by Crippen LogP contribution is 2.62. The predicted octanol–water partition coefficient (Wildman–Crippen LogP) is 5.67. The summed E-state index contributed by atoms with van der Waals surface area (Å²) in [6.45, 7) is 0.487. The number of phenolic OH excluding ortho intramolecular Hbond substituents is 2. The number of fused-ring (bicyclic) bond motifs is 6. The zero-order chi connectivity index (χ0) is 41.9. The highest BCUT2D eigenvalue weighted by molar-refractivity contribution is 9.11. The van der Waals surface area contributed by atoms with Crippen molar-refractivity contribution in [1.82, 2.24) is 10.6 Å². The van der Waals surface area contributed by atoms with Gasteiger partial charge in [0.25, 0.3) is 0 Å². The van der Waals surface area contributed by atoms with Gasteiger partial charge in [0, 0.05) is 37.4 Å². The molecule has 9 N–H and O–H groups in total. The molecular weight excluding hydrogens is 1040 g/mol. The molecule has 3 aromatic carbocycles. The molecule has 0 bridgehead atoms. The lowest BCUT2D eigenvalue weighted by Gasteiger charge is -2.39. The summed E-state index contributed by atoms with van der Waals surface area (Å²) in [6.07, 6.45) is -0.971. The number of carbonyl (C=O) groups excluding carboxylic acids is 2. The molecule has 1 saturated heterocycles. The number of unbranched alkanes of at least 4 members (excludes halogenated alkanes) is 5. The Hall–Kier alpha value is -2.63. The molecule has 0 radical (unpaired) electrons. The number of aliphatic hydroxyl groups excluding tert-OH is 4. The zero-order valence-electron chi connectivity index (χ0n) is 30.6. The largest absolute Gasteiger partial charge is 0.505 e. The van der Waals surface area contributed by atoms with Crippen LogP contribution in [0.4, 0.5) is 5.69 Å². The lowest BCUT2D eigenvalue weighted by Crippen LogP contribution is -2.59. The summed E-state index contributed by atoms with van der Waals surface area (Å²) in [5, 5.41) is 69.7. The van der Waals surface area contributed by atoms with Crippen LogP contribution in [0.5, 0.6) is 23.0 Å². The number of phenols is 2. The highest BCUT2D eigenvalue weighted by Gasteiger charge is 2.55. The van der Waals surface area contributed by atoms with Crippen molar-refractivity contribution in [3.63, 3.8) is 0 Å². The average molecular weight is 1080 g/mol. The van der Waals surface area contributed by atoms with Gasteiger partial charge in [-0.1, -0.05) is 31.7 Å². The van der Waals surface area contributed by atoms with Crippen molar-refractivity contribution >= 4 is 98.6 Å². The Morgan fingerprint density at radius 1 is 0.810 bits per heavy atom. The summed E-state index contributed by atoms with van der Waals surface area (Å²) < 4.78 is 24.4. The molecule has 3 heterocycles. The standard InChI is InChI=1S/C38H41Br4N3O12S/c39-22-14-20-33(26(41)28(22)48)56-34-21(15-23(40)29(49)27(34)42)38(20)19-9-8-17(13-18(19)35(53)57-38)45-37(58)44-11-10-43-25(47)7-5-3-1-2-4-6-12-54-36-32(52)31(51)30(50)24(16-46)55-36/h8-9,13-15,24,30-32,36,46,48-52H,1-7,10-12,16H2,(H,43,47)(H2,44,45,58)/t24-,30-,31+,32+,36+/m1/s1. The van der Waals surface area contributed by atoms with Crippen LogP contribution in [0.3, 0.4) is 0 Å². The third-order valence-electron chi connectivity index (χ3n) is 10.0.